The van der Waals surface area contributed by atoms with Gasteiger partial charge in [0.15, 0.2) is 0 Å². The van der Waals surface area contributed by atoms with Crippen molar-refractivity contribution < 1.29 is 39.5 Å². The number of rotatable bonds is 5. The van der Waals surface area contributed by atoms with E-state index >= 15 is 0 Å². The first-order valence-corrected chi connectivity index (χ1v) is 6.00. The molecule has 15 heavy (non-hydrogen) atoms. The normalized spacial score (nSPS) is 13.6. The third-order valence-corrected chi connectivity index (χ3v) is 2.15. The first-order valence-electron chi connectivity index (χ1n) is 4.61. The zero-order chi connectivity index (χ0) is 11.2. The van der Waals surface area contributed by atoms with Crippen molar-refractivity contribution >= 4 is 23.9 Å². The molecule has 0 bridgehead atoms. The third-order valence-electron chi connectivity index (χ3n) is 1.51. The topological polar surface area (TPSA) is 52.5 Å². The summed E-state index contributed by atoms with van der Waals surface area (Å²) < 4.78 is 0. The van der Waals surface area contributed by atoms with Gasteiger partial charge < -0.3 is 9.90 Å². The van der Waals surface area contributed by atoms with Crippen LogP contribution in [0.25, 0.3) is 0 Å². The van der Waals surface area contributed by atoms with Gasteiger partial charge in [-0.1, -0.05) is 20.8 Å². The van der Waals surface area contributed by atoms with E-state index in [1.807, 2.05) is 27.0 Å². The zero-order valence-electron chi connectivity index (χ0n) is 10.2. The number of carboxylic acids is 1. The Kier molecular flexibility index (Phi) is 10.3. The minimum Gasteiger partial charge on any atom is -0.548 e. The first-order chi connectivity index (χ1) is 6.37. The van der Waals surface area contributed by atoms with E-state index < -0.39 is 12.0 Å². The van der Waals surface area contributed by atoms with E-state index in [1.54, 1.807) is 18.0 Å². The quantitative estimate of drug-likeness (QED) is 0.411. The molecule has 0 aromatic heterocycles. The average molecular weight is 239 g/mol. The minimum absolute atomic E-state index is 0. The van der Waals surface area contributed by atoms with Gasteiger partial charge >= 0.3 is 29.6 Å². The fourth-order valence-electron chi connectivity index (χ4n) is 0.796. The van der Waals surface area contributed by atoms with E-state index in [0.717, 1.165) is 5.75 Å². The number of aliphatic imine (C=N–C) groups is 1. The van der Waals surface area contributed by atoms with Gasteiger partial charge in [-0.05, 0) is 23.8 Å². The predicted molar refractivity (Wildman–Crippen MR) is 59.7 cm³/mol. The van der Waals surface area contributed by atoms with Crippen LogP contribution in [0.2, 0.25) is 0 Å². The summed E-state index contributed by atoms with van der Waals surface area (Å²) >= 11 is 1.62. The molecule has 1 unspecified atom stereocenters. The van der Waals surface area contributed by atoms with E-state index in [-0.39, 0.29) is 35.0 Å². The Bertz CT molecular complexity index is 214. The predicted octanol–water partition coefficient (Wildman–Crippen LogP) is -2.02. The SMILES string of the molecule is CSCCC(N=CC(C)(C)C)C(=O)[O-].[Na+]. The van der Waals surface area contributed by atoms with Gasteiger partial charge in [0.1, 0.15) is 0 Å². The molecule has 0 aliphatic carbocycles. The van der Waals surface area contributed by atoms with Crippen LogP contribution in [-0.2, 0) is 4.79 Å². The van der Waals surface area contributed by atoms with Gasteiger partial charge in [-0.25, -0.2) is 0 Å². The van der Waals surface area contributed by atoms with Crippen molar-refractivity contribution in [3.8, 4) is 0 Å². The fourth-order valence-corrected chi connectivity index (χ4v) is 1.26. The van der Waals surface area contributed by atoms with E-state index in [4.69, 9.17) is 0 Å². The number of thioether (sulfide) groups is 1. The van der Waals surface area contributed by atoms with Crippen molar-refractivity contribution in [2.24, 2.45) is 10.4 Å². The Labute approximate surface area is 118 Å². The molecule has 0 amide bonds. The Morgan fingerprint density at radius 3 is 2.40 bits per heavy atom. The Balaban J connectivity index is 0. The van der Waals surface area contributed by atoms with Gasteiger partial charge in [0.25, 0.3) is 0 Å². The first kappa shape index (κ1) is 17.9. The van der Waals surface area contributed by atoms with Gasteiger partial charge in [0.05, 0.1) is 12.0 Å². The zero-order valence-corrected chi connectivity index (χ0v) is 13.1. The maximum Gasteiger partial charge on any atom is 1.00 e. The molecule has 0 aromatic rings. The number of carbonyl (C=O) groups is 1. The molecule has 0 radical (unpaired) electrons. The molecule has 0 aromatic carbocycles. The number of aliphatic carboxylic acids is 1. The van der Waals surface area contributed by atoms with Crippen LogP contribution in [0.3, 0.4) is 0 Å². The van der Waals surface area contributed by atoms with Crippen LogP contribution in [0.4, 0.5) is 0 Å². The van der Waals surface area contributed by atoms with Gasteiger partial charge in [-0.15, -0.1) is 0 Å². The summed E-state index contributed by atoms with van der Waals surface area (Å²) in [5, 5.41) is 10.7. The van der Waals surface area contributed by atoms with E-state index in [1.165, 1.54) is 0 Å². The summed E-state index contributed by atoms with van der Waals surface area (Å²) in [5.74, 6) is -0.292. The van der Waals surface area contributed by atoms with Crippen molar-refractivity contribution in [3.63, 3.8) is 0 Å². The maximum absolute atomic E-state index is 10.7. The van der Waals surface area contributed by atoms with Crippen molar-refractivity contribution in [1.29, 1.82) is 0 Å². The van der Waals surface area contributed by atoms with Gasteiger partial charge in [-0.3, -0.25) is 4.99 Å². The molecule has 0 saturated carbocycles. The molecule has 0 N–H and O–H groups in total. The average Bonchev–Trinajstić information content (AvgIpc) is 2.01. The summed E-state index contributed by atoms with van der Waals surface area (Å²) in [6.07, 6.45) is 4.17. The van der Waals surface area contributed by atoms with Crippen molar-refractivity contribution in [3.05, 3.63) is 0 Å². The second kappa shape index (κ2) is 8.62. The standard InChI is InChI=1S/C10H19NO2S.Na/c1-10(2,3)7-11-8(9(12)13)5-6-14-4;/h7-8H,5-6H2,1-4H3,(H,12,13);/q;+1/p-1. The number of hydrogen-bond acceptors (Lipinski definition) is 4. The molecule has 82 valence electrons. The number of carboxylic acid groups (broad SMARTS) is 1. The Hall–Kier alpha value is 0.490. The smallest absolute Gasteiger partial charge is 0.548 e. The minimum atomic E-state index is -1.08. The molecule has 0 rings (SSSR count). The third kappa shape index (κ3) is 10.8. The summed E-state index contributed by atoms with van der Waals surface area (Å²) in [6, 6.07) is -0.693. The van der Waals surface area contributed by atoms with Crippen LogP contribution < -0.4 is 34.7 Å². The van der Waals surface area contributed by atoms with Crippen molar-refractivity contribution in [1.82, 2.24) is 0 Å². The van der Waals surface area contributed by atoms with Crippen LogP contribution in [0.5, 0.6) is 0 Å². The molecule has 0 aliphatic heterocycles. The number of nitrogens with zero attached hydrogens (tertiary/aromatic N) is 1. The fraction of sp³-hybridized carbons (Fsp3) is 0.800. The van der Waals surface area contributed by atoms with Gasteiger partial charge in [0.2, 0.25) is 0 Å². The molecular formula is C10H18NNaO2S. The summed E-state index contributed by atoms with van der Waals surface area (Å²) in [7, 11) is 0. The number of carbonyl (C=O) groups excluding carboxylic acids is 1. The summed E-state index contributed by atoms with van der Waals surface area (Å²) in [6.45, 7) is 5.95. The van der Waals surface area contributed by atoms with E-state index in [2.05, 4.69) is 4.99 Å². The monoisotopic (exact) mass is 239 g/mol. The van der Waals surface area contributed by atoms with E-state index in [0.29, 0.717) is 6.42 Å². The van der Waals surface area contributed by atoms with Gasteiger partial charge in [-0.2, -0.15) is 11.8 Å². The summed E-state index contributed by atoms with van der Waals surface area (Å²) in [4.78, 5) is 14.7. The largest absolute Gasteiger partial charge is 1.00 e. The molecule has 0 spiro atoms. The molecule has 0 aliphatic rings. The summed E-state index contributed by atoms with van der Waals surface area (Å²) in [5.41, 5.74) is -0.0763. The van der Waals surface area contributed by atoms with Crippen LogP contribution in [0.15, 0.2) is 4.99 Å². The second-order valence-electron chi connectivity index (χ2n) is 4.26. The van der Waals surface area contributed by atoms with Crippen molar-refractivity contribution in [2.45, 2.75) is 33.2 Å². The molecule has 5 heteroatoms. The Morgan fingerprint density at radius 2 is 2.07 bits per heavy atom. The second-order valence-corrected chi connectivity index (χ2v) is 5.25. The van der Waals surface area contributed by atoms with Crippen LogP contribution in [-0.4, -0.2) is 30.2 Å². The molecule has 0 saturated heterocycles. The molecule has 0 heterocycles. The molecular weight excluding hydrogens is 221 g/mol. The molecule has 3 nitrogen and oxygen atoms in total. The van der Waals surface area contributed by atoms with Crippen LogP contribution in [0.1, 0.15) is 27.2 Å². The Morgan fingerprint density at radius 1 is 1.53 bits per heavy atom. The van der Waals surface area contributed by atoms with E-state index in [9.17, 15) is 9.90 Å². The molecule has 0 fully saturated rings. The van der Waals surface area contributed by atoms with Crippen LogP contribution >= 0.6 is 11.8 Å². The van der Waals surface area contributed by atoms with Gasteiger partial charge in [0, 0.05) is 6.21 Å². The van der Waals surface area contributed by atoms with Crippen LogP contribution in [0, 0.1) is 5.41 Å². The molecule has 1 atom stereocenters. The van der Waals surface area contributed by atoms with Crippen molar-refractivity contribution in [2.75, 3.05) is 12.0 Å². The number of hydrogen-bond donors (Lipinski definition) is 0. The maximum atomic E-state index is 10.7.